The molecule has 0 radical (unpaired) electrons. The molecule has 0 saturated heterocycles. The first-order chi connectivity index (χ1) is 14.8. The first kappa shape index (κ1) is 22.2. The van der Waals surface area contributed by atoms with Crippen molar-refractivity contribution in [1.82, 2.24) is 0 Å². The zero-order chi connectivity index (χ0) is 21.1. The molecule has 0 N–H and O–H groups in total. The zero-order valence-corrected chi connectivity index (χ0v) is 18.6. The molecular formula is C29H36O. The summed E-state index contributed by atoms with van der Waals surface area (Å²) in [7, 11) is 1.73. The first-order valence-corrected chi connectivity index (χ1v) is 11.6. The SMILES string of the molecule is CCCCCCCCCC(c1ccccc1)(c1ccccc1)c1ccc(OC)cc1. The van der Waals surface area contributed by atoms with E-state index >= 15 is 0 Å². The quantitative estimate of drug-likeness (QED) is 0.220. The van der Waals surface area contributed by atoms with Crippen molar-refractivity contribution in [2.45, 2.75) is 63.7 Å². The highest BCUT2D eigenvalue weighted by molar-refractivity contribution is 5.51. The van der Waals surface area contributed by atoms with Gasteiger partial charge in [-0.05, 0) is 35.2 Å². The van der Waals surface area contributed by atoms with E-state index in [9.17, 15) is 0 Å². The summed E-state index contributed by atoms with van der Waals surface area (Å²) in [6.07, 6.45) is 10.4. The van der Waals surface area contributed by atoms with Gasteiger partial charge in [-0.15, -0.1) is 0 Å². The number of unbranched alkanes of at least 4 members (excludes halogenated alkanes) is 6. The molecule has 0 bridgehead atoms. The highest BCUT2D eigenvalue weighted by Crippen LogP contribution is 2.43. The van der Waals surface area contributed by atoms with Crippen molar-refractivity contribution in [1.29, 1.82) is 0 Å². The summed E-state index contributed by atoms with van der Waals surface area (Å²) in [6.45, 7) is 2.28. The third-order valence-corrected chi connectivity index (χ3v) is 6.27. The van der Waals surface area contributed by atoms with E-state index in [1.54, 1.807) is 7.11 Å². The third-order valence-electron chi connectivity index (χ3n) is 6.27. The smallest absolute Gasteiger partial charge is 0.118 e. The van der Waals surface area contributed by atoms with E-state index < -0.39 is 0 Å². The van der Waals surface area contributed by atoms with Crippen molar-refractivity contribution < 1.29 is 4.74 Å². The van der Waals surface area contributed by atoms with Crippen LogP contribution in [-0.4, -0.2) is 7.11 Å². The standard InChI is InChI=1S/C29H36O/c1-3-4-5-6-7-8-15-24-29(25-16-11-9-12-17-25,26-18-13-10-14-19-26)27-20-22-28(30-2)23-21-27/h9-14,16-23H,3-8,15,24H2,1-2H3. The Labute approximate surface area is 183 Å². The van der Waals surface area contributed by atoms with Crippen LogP contribution in [0, 0.1) is 0 Å². The summed E-state index contributed by atoms with van der Waals surface area (Å²) in [4.78, 5) is 0. The van der Waals surface area contributed by atoms with Crippen LogP contribution in [-0.2, 0) is 5.41 Å². The lowest BCUT2D eigenvalue weighted by Gasteiger charge is -2.36. The van der Waals surface area contributed by atoms with Crippen LogP contribution in [0.5, 0.6) is 5.75 Å². The van der Waals surface area contributed by atoms with Crippen molar-refractivity contribution in [2.75, 3.05) is 7.11 Å². The van der Waals surface area contributed by atoms with Gasteiger partial charge in [0.2, 0.25) is 0 Å². The van der Waals surface area contributed by atoms with Crippen LogP contribution in [0.1, 0.15) is 75.0 Å². The van der Waals surface area contributed by atoms with E-state index in [4.69, 9.17) is 4.74 Å². The largest absolute Gasteiger partial charge is 0.497 e. The molecule has 0 aliphatic rings. The van der Waals surface area contributed by atoms with E-state index in [-0.39, 0.29) is 5.41 Å². The van der Waals surface area contributed by atoms with Gasteiger partial charge in [0.05, 0.1) is 7.11 Å². The molecule has 0 heterocycles. The van der Waals surface area contributed by atoms with E-state index in [2.05, 4.69) is 91.9 Å². The highest BCUT2D eigenvalue weighted by atomic mass is 16.5. The Bertz CT molecular complexity index is 797. The molecule has 0 amide bonds. The van der Waals surface area contributed by atoms with Gasteiger partial charge in [0, 0.05) is 5.41 Å². The monoisotopic (exact) mass is 400 g/mol. The normalized spacial score (nSPS) is 11.4. The van der Waals surface area contributed by atoms with Crippen LogP contribution in [0.3, 0.4) is 0 Å². The second-order valence-electron chi connectivity index (χ2n) is 8.24. The molecule has 3 rings (SSSR count). The van der Waals surface area contributed by atoms with Gasteiger partial charge in [0.25, 0.3) is 0 Å². The Morgan fingerprint density at radius 2 is 1.03 bits per heavy atom. The minimum atomic E-state index is -0.141. The number of rotatable bonds is 12. The van der Waals surface area contributed by atoms with Gasteiger partial charge in [-0.1, -0.05) is 125 Å². The number of hydrogen-bond acceptors (Lipinski definition) is 1. The maximum atomic E-state index is 5.44. The second kappa shape index (κ2) is 11.6. The molecule has 1 heteroatoms. The van der Waals surface area contributed by atoms with E-state index in [0.717, 1.165) is 12.2 Å². The summed E-state index contributed by atoms with van der Waals surface area (Å²) >= 11 is 0. The molecule has 0 aliphatic heterocycles. The van der Waals surface area contributed by atoms with Crippen molar-refractivity contribution in [3.8, 4) is 5.75 Å². The van der Waals surface area contributed by atoms with Crippen LogP contribution < -0.4 is 4.74 Å². The number of methoxy groups -OCH3 is 1. The van der Waals surface area contributed by atoms with Crippen molar-refractivity contribution in [3.05, 3.63) is 102 Å². The molecule has 158 valence electrons. The van der Waals surface area contributed by atoms with Gasteiger partial charge in [0.1, 0.15) is 5.75 Å². The molecule has 1 nitrogen and oxygen atoms in total. The minimum Gasteiger partial charge on any atom is -0.497 e. The molecule has 0 spiro atoms. The molecular weight excluding hydrogens is 364 g/mol. The predicted octanol–water partition coefficient (Wildman–Crippen LogP) is 8.17. The van der Waals surface area contributed by atoms with Crippen LogP contribution in [0.15, 0.2) is 84.9 Å². The van der Waals surface area contributed by atoms with Crippen molar-refractivity contribution >= 4 is 0 Å². The van der Waals surface area contributed by atoms with Crippen LogP contribution in [0.2, 0.25) is 0 Å². The Balaban J connectivity index is 1.94. The number of benzene rings is 3. The summed E-state index contributed by atoms with van der Waals surface area (Å²) < 4.78 is 5.44. The van der Waals surface area contributed by atoms with Crippen LogP contribution in [0.4, 0.5) is 0 Å². The van der Waals surface area contributed by atoms with Gasteiger partial charge in [-0.3, -0.25) is 0 Å². The molecule has 0 aliphatic carbocycles. The maximum Gasteiger partial charge on any atom is 0.118 e. The van der Waals surface area contributed by atoms with Crippen molar-refractivity contribution in [2.24, 2.45) is 0 Å². The topological polar surface area (TPSA) is 9.23 Å². The van der Waals surface area contributed by atoms with E-state index in [1.165, 1.54) is 61.6 Å². The fourth-order valence-corrected chi connectivity index (χ4v) is 4.60. The summed E-state index contributed by atoms with van der Waals surface area (Å²) in [5.74, 6) is 0.907. The Morgan fingerprint density at radius 3 is 1.53 bits per heavy atom. The highest BCUT2D eigenvalue weighted by Gasteiger charge is 2.35. The van der Waals surface area contributed by atoms with E-state index in [1.807, 2.05) is 0 Å². The molecule has 3 aromatic carbocycles. The summed E-state index contributed by atoms with van der Waals surface area (Å²) in [6, 6.07) is 30.8. The lowest BCUT2D eigenvalue weighted by Crippen LogP contribution is -2.29. The molecule has 0 saturated carbocycles. The second-order valence-corrected chi connectivity index (χ2v) is 8.24. The van der Waals surface area contributed by atoms with Crippen molar-refractivity contribution in [3.63, 3.8) is 0 Å². The third kappa shape index (κ3) is 5.33. The molecule has 3 aromatic rings. The summed E-state index contributed by atoms with van der Waals surface area (Å²) in [5.41, 5.74) is 3.93. The molecule has 0 fully saturated rings. The summed E-state index contributed by atoms with van der Waals surface area (Å²) in [5, 5.41) is 0. The van der Waals surface area contributed by atoms with Gasteiger partial charge in [0.15, 0.2) is 0 Å². The fourth-order valence-electron chi connectivity index (χ4n) is 4.60. The first-order valence-electron chi connectivity index (χ1n) is 11.6. The number of ether oxygens (including phenoxy) is 1. The van der Waals surface area contributed by atoms with E-state index in [0.29, 0.717) is 0 Å². The Morgan fingerprint density at radius 1 is 0.567 bits per heavy atom. The lowest BCUT2D eigenvalue weighted by molar-refractivity contribution is 0.414. The average molecular weight is 401 g/mol. The van der Waals surface area contributed by atoms with Crippen LogP contribution >= 0.6 is 0 Å². The van der Waals surface area contributed by atoms with Gasteiger partial charge in [-0.2, -0.15) is 0 Å². The predicted molar refractivity (Wildman–Crippen MR) is 128 cm³/mol. The van der Waals surface area contributed by atoms with Crippen LogP contribution in [0.25, 0.3) is 0 Å². The molecule has 0 unspecified atom stereocenters. The molecule has 0 aromatic heterocycles. The minimum absolute atomic E-state index is 0.141. The van der Waals surface area contributed by atoms with Gasteiger partial charge < -0.3 is 4.74 Å². The van der Waals surface area contributed by atoms with Gasteiger partial charge in [-0.25, -0.2) is 0 Å². The zero-order valence-electron chi connectivity index (χ0n) is 18.6. The fraction of sp³-hybridized carbons (Fsp3) is 0.379. The molecule has 0 atom stereocenters. The lowest BCUT2D eigenvalue weighted by atomic mass is 9.66. The average Bonchev–Trinajstić information content (AvgIpc) is 2.82. The molecule has 30 heavy (non-hydrogen) atoms. The maximum absolute atomic E-state index is 5.44. The Hall–Kier alpha value is -2.54. The van der Waals surface area contributed by atoms with Gasteiger partial charge >= 0.3 is 0 Å². The number of hydrogen-bond donors (Lipinski definition) is 0. The Kier molecular flexibility index (Phi) is 8.56.